The average Bonchev–Trinajstić information content (AvgIpc) is 3.20. The molecular weight excluding hydrogens is 406 g/mol. The number of para-hydroxylation sites is 1. The molecule has 4 nitrogen and oxygen atoms in total. The molecule has 0 aliphatic carbocycles. The van der Waals surface area contributed by atoms with Crippen molar-refractivity contribution in [1.29, 1.82) is 5.26 Å². The topological polar surface area (TPSA) is 57.8 Å². The molecule has 0 unspecified atom stereocenters. The molecule has 0 fully saturated rings. The van der Waals surface area contributed by atoms with E-state index >= 15 is 0 Å². The molecule has 1 N–H and O–H groups in total. The first-order valence-electron chi connectivity index (χ1n) is 10.8. The van der Waals surface area contributed by atoms with E-state index < -0.39 is 5.91 Å². The number of nitrogens with one attached hydrogen (secondary N) is 1. The van der Waals surface area contributed by atoms with Gasteiger partial charge in [-0.15, -0.1) is 0 Å². The number of anilines is 1. The number of rotatable bonds is 5. The highest BCUT2D eigenvalue weighted by molar-refractivity contribution is 6.13. The molecule has 0 aliphatic heterocycles. The normalized spacial score (nSPS) is 11.4. The molecule has 1 heterocycles. The van der Waals surface area contributed by atoms with Crippen LogP contribution in [0.15, 0.2) is 109 Å². The van der Waals surface area contributed by atoms with Gasteiger partial charge in [0.1, 0.15) is 11.6 Å². The Labute approximate surface area is 192 Å². The van der Waals surface area contributed by atoms with Gasteiger partial charge in [0.25, 0.3) is 5.91 Å². The van der Waals surface area contributed by atoms with E-state index in [1.54, 1.807) is 6.08 Å². The minimum absolute atomic E-state index is 0.0607. The zero-order chi connectivity index (χ0) is 22.6. The number of carbonyl (C=O) groups excluding carboxylic acids is 1. The van der Waals surface area contributed by atoms with Gasteiger partial charge in [-0.05, 0) is 29.2 Å². The van der Waals surface area contributed by atoms with Gasteiger partial charge in [-0.1, -0.05) is 84.9 Å². The average molecular weight is 428 g/mol. The standard InChI is InChI=1S/C29H21N3O/c30-18-23(29(33)31-27-15-8-12-22-11-4-5-13-25(22)27)17-24-20-32(19-21-9-2-1-3-10-21)28-16-7-6-14-26(24)28/h1-17,20H,19H2,(H,31,33). The highest BCUT2D eigenvalue weighted by Crippen LogP contribution is 2.26. The molecule has 0 radical (unpaired) electrons. The van der Waals surface area contributed by atoms with E-state index in [9.17, 15) is 10.1 Å². The lowest BCUT2D eigenvalue weighted by atomic mass is 10.1. The van der Waals surface area contributed by atoms with Crippen molar-refractivity contribution in [3.05, 3.63) is 120 Å². The Morgan fingerprint density at radius 3 is 2.36 bits per heavy atom. The highest BCUT2D eigenvalue weighted by atomic mass is 16.1. The van der Waals surface area contributed by atoms with Crippen molar-refractivity contribution in [2.75, 3.05) is 5.32 Å². The van der Waals surface area contributed by atoms with Crippen LogP contribution < -0.4 is 5.32 Å². The minimum atomic E-state index is -0.422. The van der Waals surface area contributed by atoms with Gasteiger partial charge in [-0.2, -0.15) is 5.26 Å². The summed E-state index contributed by atoms with van der Waals surface area (Å²) in [6.07, 6.45) is 3.67. The van der Waals surface area contributed by atoms with E-state index in [2.05, 4.69) is 34.2 Å². The Bertz CT molecular complexity index is 1530. The summed E-state index contributed by atoms with van der Waals surface area (Å²) in [5, 5.41) is 15.7. The maximum absolute atomic E-state index is 13.0. The number of aromatic nitrogens is 1. The predicted octanol–water partition coefficient (Wildman–Crippen LogP) is 6.39. The molecule has 1 amide bonds. The van der Waals surface area contributed by atoms with Crippen molar-refractivity contribution in [1.82, 2.24) is 4.57 Å². The summed E-state index contributed by atoms with van der Waals surface area (Å²) in [5.41, 5.74) is 3.82. The Morgan fingerprint density at radius 2 is 1.55 bits per heavy atom. The number of amides is 1. The quantitative estimate of drug-likeness (QED) is 0.261. The van der Waals surface area contributed by atoms with Crippen molar-refractivity contribution in [2.24, 2.45) is 0 Å². The zero-order valence-corrected chi connectivity index (χ0v) is 17.9. The summed E-state index contributed by atoms with van der Waals surface area (Å²) in [4.78, 5) is 13.0. The Hall–Kier alpha value is -4.62. The van der Waals surface area contributed by atoms with Crippen molar-refractivity contribution >= 4 is 39.3 Å². The molecule has 0 saturated heterocycles. The fourth-order valence-corrected chi connectivity index (χ4v) is 4.13. The first-order chi connectivity index (χ1) is 16.2. The molecule has 1 aromatic heterocycles. The highest BCUT2D eigenvalue weighted by Gasteiger charge is 2.14. The van der Waals surface area contributed by atoms with Gasteiger partial charge < -0.3 is 9.88 Å². The third-order valence-electron chi connectivity index (χ3n) is 5.72. The number of nitriles is 1. The Balaban J connectivity index is 1.50. The van der Waals surface area contributed by atoms with E-state index in [1.807, 2.05) is 85.1 Å². The molecule has 0 atom stereocenters. The van der Waals surface area contributed by atoms with E-state index in [4.69, 9.17) is 0 Å². The number of hydrogen-bond acceptors (Lipinski definition) is 2. The van der Waals surface area contributed by atoms with E-state index in [0.29, 0.717) is 12.2 Å². The number of nitrogens with zero attached hydrogens (tertiary/aromatic N) is 2. The van der Waals surface area contributed by atoms with Crippen LogP contribution in [-0.2, 0) is 11.3 Å². The molecule has 4 heteroatoms. The first-order valence-corrected chi connectivity index (χ1v) is 10.8. The van der Waals surface area contributed by atoms with Gasteiger partial charge in [0, 0.05) is 40.3 Å². The largest absolute Gasteiger partial charge is 0.342 e. The lowest BCUT2D eigenvalue weighted by Gasteiger charge is -2.08. The molecule has 0 bridgehead atoms. The van der Waals surface area contributed by atoms with Crippen molar-refractivity contribution in [3.8, 4) is 6.07 Å². The molecule has 0 spiro atoms. The van der Waals surface area contributed by atoms with Crippen LogP contribution in [0.25, 0.3) is 27.8 Å². The van der Waals surface area contributed by atoms with E-state index in [0.717, 1.165) is 27.2 Å². The fourth-order valence-electron chi connectivity index (χ4n) is 4.13. The van der Waals surface area contributed by atoms with Gasteiger partial charge in [0.2, 0.25) is 0 Å². The van der Waals surface area contributed by atoms with Crippen LogP contribution in [0.2, 0.25) is 0 Å². The van der Waals surface area contributed by atoms with E-state index in [-0.39, 0.29) is 5.57 Å². The number of benzene rings is 4. The Kier molecular flexibility index (Phi) is 5.45. The number of fused-ring (bicyclic) bond motifs is 2. The maximum Gasteiger partial charge on any atom is 0.266 e. The molecule has 5 rings (SSSR count). The Morgan fingerprint density at radius 1 is 0.848 bits per heavy atom. The van der Waals surface area contributed by atoms with Crippen molar-refractivity contribution < 1.29 is 4.79 Å². The van der Waals surface area contributed by atoms with Crippen LogP contribution >= 0.6 is 0 Å². The third kappa shape index (κ3) is 4.13. The lowest BCUT2D eigenvalue weighted by Crippen LogP contribution is -2.13. The summed E-state index contributed by atoms with van der Waals surface area (Å²) >= 11 is 0. The van der Waals surface area contributed by atoms with Gasteiger partial charge in [-0.3, -0.25) is 4.79 Å². The minimum Gasteiger partial charge on any atom is -0.342 e. The molecule has 0 saturated carbocycles. The SMILES string of the molecule is N#CC(=Cc1cn(Cc2ccccc2)c2ccccc12)C(=O)Nc1cccc2ccccc12. The monoisotopic (exact) mass is 427 g/mol. The van der Waals surface area contributed by atoms with Crippen LogP contribution in [0.4, 0.5) is 5.69 Å². The van der Waals surface area contributed by atoms with Crippen LogP contribution in [0.1, 0.15) is 11.1 Å². The van der Waals surface area contributed by atoms with Gasteiger partial charge in [0.05, 0.1) is 0 Å². The maximum atomic E-state index is 13.0. The van der Waals surface area contributed by atoms with Crippen molar-refractivity contribution in [2.45, 2.75) is 6.54 Å². The lowest BCUT2D eigenvalue weighted by molar-refractivity contribution is -0.112. The molecule has 0 aliphatic rings. The number of hydrogen-bond donors (Lipinski definition) is 1. The van der Waals surface area contributed by atoms with Crippen LogP contribution in [0.5, 0.6) is 0 Å². The molecule has 4 aromatic carbocycles. The zero-order valence-electron chi connectivity index (χ0n) is 17.9. The predicted molar refractivity (Wildman–Crippen MR) is 134 cm³/mol. The van der Waals surface area contributed by atoms with Crippen LogP contribution in [0.3, 0.4) is 0 Å². The molecule has 33 heavy (non-hydrogen) atoms. The van der Waals surface area contributed by atoms with Crippen molar-refractivity contribution in [3.63, 3.8) is 0 Å². The summed E-state index contributed by atoms with van der Waals surface area (Å²) < 4.78 is 2.15. The summed E-state index contributed by atoms with van der Waals surface area (Å²) in [6, 6.07) is 33.9. The van der Waals surface area contributed by atoms with Crippen LogP contribution in [0, 0.1) is 11.3 Å². The fraction of sp³-hybridized carbons (Fsp3) is 0.0345. The van der Waals surface area contributed by atoms with E-state index in [1.165, 1.54) is 5.56 Å². The first kappa shape index (κ1) is 20.3. The summed E-state index contributed by atoms with van der Waals surface area (Å²) in [5.74, 6) is -0.422. The third-order valence-corrected chi connectivity index (χ3v) is 5.72. The molecule has 5 aromatic rings. The van der Waals surface area contributed by atoms with Crippen LogP contribution in [-0.4, -0.2) is 10.5 Å². The second-order valence-electron chi connectivity index (χ2n) is 7.87. The smallest absolute Gasteiger partial charge is 0.266 e. The second kappa shape index (κ2) is 8.86. The summed E-state index contributed by atoms with van der Waals surface area (Å²) in [7, 11) is 0. The second-order valence-corrected chi connectivity index (χ2v) is 7.87. The van der Waals surface area contributed by atoms with Gasteiger partial charge in [0.15, 0.2) is 0 Å². The summed E-state index contributed by atoms with van der Waals surface area (Å²) in [6.45, 7) is 0.708. The molecular formula is C29H21N3O. The molecule has 158 valence electrons. The van der Waals surface area contributed by atoms with Gasteiger partial charge >= 0.3 is 0 Å². The number of carbonyl (C=O) groups is 1. The van der Waals surface area contributed by atoms with Gasteiger partial charge in [-0.25, -0.2) is 0 Å².